The summed E-state index contributed by atoms with van der Waals surface area (Å²) in [6, 6.07) is 0. The van der Waals surface area contributed by atoms with Crippen molar-refractivity contribution in [1.82, 2.24) is 5.32 Å². The molecule has 0 aromatic heterocycles. The third-order valence-corrected chi connectivity index (χ3v) is 2.44. The van der Waals surface area contributed by atoms with Crippen LogP contribution in [-0.2, 0) is 0 Å². The highest BCUT2D eigenvalue weighted by Crippen LogP contribution is 2.49. The first-order valence-electron chi connectivity index (χ1n) is 3.46. The van der Waals surface area contributed by atoms with Gasteiger partial charge in [-0.1, -0.05) is 0 Å². The zero-order valence-corrected chi connectivity index (χ0v) is 5.58. The Morgan fingerprint density at radius 2 is 1.90 bits per heavy atom. The van der Waals surface area contributed by atoms with Crippen LogP contribution >= 0.6 is 0 Å². The van der Waals surface area contributed by atoms with Crippen molar-refractivity contribution in [3.8, 4) is 0 Å². The van der Waals surface area contributed by atoms with Crippen molar-refractivity contribution >= 4 is 0 Å². The van der Waals surface area contributed by atoms with Gasteiger partial charge in [0.1, 0.15) is 0 Å². The lowest BCUT2D eigenvalue weighted by Crippen LogP contribution is -2.58. The molecule has 1 aliphatic heterocycles. The third kappa shape index (κ3) is 0.700. The number of hydrogen-bond acceptors (Lipinski definition) is 1. The van der Waals surface area contributed by atoms with Crippen LogP contribution in [0.5, 0.6) is 0 Å². The molecule has 1 aliphatic carbocycles. The molecule has 3 heteroatoms. The molecule has 1 heterocycles. The molecule has 1 spiro atoms. The van der Waals surface area contributed by atoms with Gasteiger partial charge in [-0.2, -0.15) is 8.78 Å². The van der Waals surface area contributed by atoms with E-state index < -0.39 is 6.08 Å². The number of nitrogens with one attached hydrogen (secondary N) is 1. The van der Waals surface area contributed by atoms with E-state index >= 15 is 0 Å². The van der Waals surface area contributed by atoms with Gasteiger partial charge < -0.3 is 5.32 Å². The minimum absolute atomic E-state index is 0.249. The molecule has 0 bridgehead atoms. The monoisotopic (exact) mass is 145 g/mol. The average Bonchev–Trinajstić information content (AvgIpc) is 1.54. The number of allylic oxidation sites excluding steroid dienone is 1. The van der Waals surface area contributed by atoms with Crippen molar-refractivity contribution in [1.29, 1.82) is 0 Å². The fraction of sp³-hybridized carbons (Fsp3) is 0.714. The van der Waals surface area contributed by atoms with Crippen LogP contribution in [0.4, 0.5) is 8.78 Å². The number of hydrogen-bond donors (Lipinski definition) is 1. The predicted molar refractivity (Wildman–Crippen MR) is 33.8 cm³/mol. The van der Waals surface area contributed by atoms with Gasteiger partial charge in [-0.15, -0.1) is 0 Å². The van der Waals surface area contributed by atoms with Gasteiger partial charge in [-0.3, -0.25) is 0 Å². The Morgan fingerprint density at radius 1 is 1.30 bits per heavy atom. The summed E-state index contributed by atoms with van der Waals surface area (Å²) in [6.07, 6.45) is -0.192. The van der Waals surface area contributed by atoms with E-state index in [0.717, 1.165) is 13.1 Å². The topological polar surface area (TPSA) is 12.0 Å². The predicted octanol–water partition coefficient (Wildman–Crippen LogP) is 1.52. The molecule has 1 nitrogen and oxygen atoms in total. The molecule has 0 atom stereocenters. The van der Waals surface area contributed by atoms with E-state index in [2.05, 4.69) is 5.32 Å². The van der Waals surface area contributed by atoms with E-state index in [1.807, 2.05) is 0 Å². The maximum absolute atomic E-state index is 11.8. The van der Waals surface area contributed by atoms with E-state index in [1.165, 1.54) is 0 Å². The zero-order valence-electron chi connectivity index (χ0n) is 5.58. The molecule has 2 aliphatic rings. The first kappa shape index (κ1) is 6.28. The molecule has 0 radical (unpaired) electrons. The molecular weight excluding hydrogens is 136 g/mol. The highest BCUT2D eigenvalue weighted by molar-refractivity contribution is 5.23. The number of halogens is 2. The van der Waals surface area contributed by atoms with Gasteiger partial charge >= 0.3 is 0 Å². The molecule has 56 valence electrons. The van der Waals surface area contributed by atoms with E-state index in [-0.39, 0.29) is 5.41 Å². The van der Waals surface area contributed by atoms with Crippen molar-refractivity contribution in [3.05, 3.63) is 11.7 Å². The van der Waals surface area contributed by atoms with Crippen LogP contribution < -0.4 is 5.32 Å². The molecule has 2 fully saturated rings. The summed E-state index contributed by atoms with van der Waals surface area (Å²) in [5.74, 6) is 0. The smallest absolute Gasteiger partial charge is 0.269 e. The molecule has 0 unspecified atom stereocenters. The maximum atomic E-state index is 11.8. The van der Waals surface area contributed by atoms with Gasteiger partial charge in [-0.25, -0.2) is 0 Å². The molecule has 0 aromatic carbocycles. The largest absolute Gasteiger partial charge is 0.315 e. The summed E-state index contributed by atoms with van der Waals surface area (Å²) >= 11 is 0. The van der Waals surface area contributed by atoms with E-state index in [4.69, 9.17) is 0 Å². The van der Waals surface area contributed by atoms with E-state index in [0.29, 0.717) is 18.4 Å². The second-order valence-corrected chi connectivity index (χ2v) is 3.32. The second-order valence-electron chi connectivity index (χ2n) is 3.32. The Bertz CT molecular complexity index is 180. The Morgan fingerprint density at radius 3 is 2.20 bits per heavy atom. The van der Waals surface area contributed by atoms with Gasteiger partial charge in [-0.05, 0) is 18.4 Å². The molecule has 10 heavy (non-hydrogen) atoms. The summed E-state index contributed by atoms with van der Waals surface area (Å²) < 4.78 is 23.7. The minimum Gasteiger partial charge on any atom is -0.315 e. The van der Waals surface area contributed by atoms with E-state index in [1.54, 1.807) is 0 Å². The fourth-order valence-electron chi connectivity index (χ4n) is 1.72. The second kappa shape index (κ2) is 1.78. The molecule has 0 amide bonds. The van der Waals surface area contributed by atoms with Crippen molar-refractivity contribution < 1.29 is 8.78 Å². The molecular formula is C7H9F2N. The van der Waals surface area contributed by atoms with Gasteiger partial charge in [0.25, 0.3) is 6.08 Å². The van der Waals surface area contributed by atoms with Crippen LogP contribution in [0.3, 0.4) is 0 Å². The van der Waals surface area contributed by atoms with Crippen LogP contribution in [0, 0.1) is 5.41 Å². The van der Waals surface area contributed by atoms with Gasteiger partial charge in [0.2, 0.25) is 0 Å². The van der Waals surface area contributed by atoms with Crippen molar-refractivity contribution in [3.63, 3.8) is 0 Å². The first-order chi connectivity index (χ1) is 4.72. The maximum Gasteiger partial charge on any atom is 0.269 e. The fourth-order valence-corrected chi connectivity index (χ4v) is 1.72. The third-order valence-electron chi connectivity index (χ3n) is 2.44. The Kier molecular flexibility index (Phi) is 1.12. The number of rotatable bonds is 0. The van der Waals surface area contributed by atoms with E-state index in [9.17, 15) is 8.78 Å². The van der Waals surface area contributed by atoms with Crippen molar-refractivity contribution in [2.75, 3.05) is 13.1 Å². The molecule has 1 saturated carbocycles. The lowest BCUT2D eigenvalue weighted by atomic mass is 9.62. The highest BCUT2D eigenvalue weighted by atomic mass is 19.3. The van der Waals surface area contributed by atoms with Crippen molar-refractivity contribution in [2.45, 2.75) is 12.8 Å². The Hall–Kier alpha value is -0.440. The van der Waals surface area contributed by atoms with Gasteiger partial charge in [0, 0.05) is 18.5 Å². The van der Waals surface area contributed by atoms with Crippen LogP contribution in [0.15, 0.2) is 11.7 Å². The lowest BCUT2D eigenvalue weighted by Gasteiger charge is -2.50. The molecule has 1 saturated heterocycles. The minimum atomic E-state index is -1.45. The van der Waals surface area contributed by atoms with Crippen LogP contribution in [-0.4, -0.2) is 13.1 Å². The van der Waals surface area contributed by atoms with Crippen LogP contribution in [0.2, 0.25) is 0 Å². The summed E-state index contributed by atoms with van der Waals surface area (Å²) in [7, 11) is 0. The Labute approximate surface area is 58.1 Å². The highest BCUT2D eigenvalue weighted by Gasteiger charge is 2.46. The first-order valence-corrected chi connectivity index (χ1v) is 3.46. The van der Waals surface area contributed by atoms with Gasteiger partial charge in [0.15, 0.2) is 0 Å². The summed E-state index contributed by atoms with van der Waals surface area (Å²) in [5.41, 5.74) is 0.625. The molecule has 2 rings (SSSR count). The normalized spacial score (nSPS) is 27.6. The summed E-state index contributed by atoms with van der Waals surface area (Å²) in [4.78, 5) is 0. The lowest BCUT2D eigenvalue weighted by molar-refractivity contribution is 0.103. The average molecular weight is 145 g/mol. The summed E-state index contributed by atoms with van der Waals surface area (Å²) in [6.45, 7) is 1.87. The molecule has 0 aromatic rings. The van der Waals surface area contributed by atoms with Crippen LogP contribution in [0.1, 0.15) is 12.8 Å². The van der Waals surface area contributed by atoms with Crippen molar-refractivity contribution in [2.24, 2.45) is 5.41 Å². The molecule has 1 N–H and O–H groups in total. The Balaban J connectivity index is 1.99. The zero-order chi connectivity index (χ0) is 7.19. The summed E-state index contributed by atoms with van der Waals surface area (Å²) in [5, 5.41) is 3.10. The SMILES string of the molecule is FC(F)=C1CC2(CNC2)C1. The van der Waals surface area contributed by atoms with Gasteiger partial charge in [0.05, 0.1) is 0 Å². The van der Waals surface area contributed by atoms with Crippen LogP contribution in [0.25, 0.3) is 0 Å². The quantitative estimate of drug-likeness (QED) is 0.545. The standard InChI is InChI=1S/C7H9F2N/c8-6(9)5-1-7(2-5)3-10-4-7/h10H,1-4H2.